The molecule has 0 radical (unpaired) electrons. The summed E-state index contributed by atoms with van der Waals surface area (Å²) in [6, 6.07) is 12.0. The van der Waals surface area contributed by atoms with Crippen LogP contribution in [0.25, 0.3) is 0 Å². The second-order valence-corrected chi connectivity index (χ2v) is 9.77. The van der Waals surface area contributed by atoms with Crippen LogP contribution in [0.15, 0.2) is 42.5 Å². The molecular weight excluding hydrogens is 433 g/mol. The van der Waals surface area contributed by atoms with Crippen LogP contribution in [0.1, 0.15) is 30.1 Å². The summed E-state index contributed by atoms with van der Waals surface area (Å²) in [5.41, 5.74) is 1.75. The predicted molar refractivity (Wildman–Crippen MR) is 119 cm³/mol. The number of amides is 1. The summed E-state index contributed by atoms with van der Waals surface area (Å²) in [6.07, 6.45) is 1.80. The molecule has 1 heterocycles. The zero-order chi connectivity index (χ0) is 21.0. The second-order valence-electron chi connectivity index (χ2n) is 6.94. The maximum Gasteiger partial charge on any atom is 0.251 e. The van der Waals surface area contributed by atoms with Gasteiger partial charge in [0.15, 0.2) is 0 Å². The first-order chi connectivity index (χ1) is 13.8. The Labute approximate surface area is 181 Å². The van der Waals surface area contributed by atoms with Gasteiger partial charge in [-0.2, -0.15) is 0 Å². The third-order valence-corrected chi connectivity index (χ3v) is 6.85. The van der Waals surface area contributed by atoms with Crippen molar-refractivity contribution in [2.24, 2.45) is 0 Å². The lowest BCUT2D eigenvalue weighted by Crippen LogP contribution is -2.47. The summed E-state index contributed by atoms with van der Waals surface area (Å²) < 4.78 is 26.0. The van der Waals surface area contributed by atoms with Crippen LogP contribution in [0.3, 0.4) is 0 Å². The maximum absolute atomic E-state index is 12.7. The summed E-state index contributed by atoms with van der Waals surface area (Å²) in [5.74, 6) is -0.265. The van der Waals surface area contributed by atoms with E-state index in [0.29, 0.717) is 27.8 Å². The minimum atomic E-state index is -3.40. The van der Waals surface area contributed by atoms with Crippen LogP contribution in [-0.4, -0.2) is 39.2 Å². The molecule has 0 spiro atoms. The lowest BCUT2D eigenvalue weighted by molar-refractivity contribution is 0.0933. The van der Waals surface area contributed by atoms with Crippen molar-refractivity contribution in [2.75, 3.05) is 28.5 Å². The quantitative estimate of drug-likeness (QED) is 0.685. The fourth-order valence-electron chi connectivity index (χ4n) is 3.26. The van der Waals surface area contributed by atoms with Crippen molar-refractivity contribution in [3.63, 3.8) is 0 Å². The molecule has 2 aromatic rings. The third kappa shape index (κ3) is 5.78. The van der Waals surface area contributed by atoms with Crippen molar-refractivity contribution < 1.29 is 13.2 Å². The number of carbonyl (C=O) groups excluding carboxylic acids is 1. The highest BCUT2D eigenvalue weighted by Crippen LogP contribution is 2.29. The molecule has 0 aliphatic carbocycles. The molecule has 9 heteroatoms. The minimum absolute atomic E-state index is 0.0262. The highest BCUT2D eigenvalue weighted by molar-refractivity contribution is 7.92. The van der Waals surface area contributed by atoms with Gasteiger partial charge in [0, 0.05) is 36.1 Å². The van der Waals surface area contributed by atoms with Gasteiger partial charge >= 0.3 is 0 Å². The Kier molecular flexibility index (Phi) is 6.93. The van der Waals surface area contributed by atoms with Gasteiger partial charge < -0.3 is 10.2 Å². The number of carbonyl (C=O) groups is 1. The number of nitrogens with one attached hydrogen (secondary N) is 2. The Hall–Kier alpha value is -1.96. The molecule has 0 aromatic heterocycles. The van der Waals surface area contributed by atoms with Gasteiger partial charge in [-0.15, -0.1) is 0 Å². The Balaban J connectivity index is 1.66. The highest BCUT2D eigenvalue weighted by Gasteiger charge is 2.23. The molecule has 1 unspecified atom stereocenters. The molecule has 1 fully saturated rings. The fourth-order valence-corrected chi connectivity index (χ4v) is 4.18. The number of rotatable bonds is 6. The standard InChI is InChI=1S/C20H23Cl2N3O3S/c1-2-29(27,28)24-15-6-3-5-14(11-15)20(26)23-16-7-4-10-25(13-16)17-8-9-18(21)19(22)12-17/h3,5-6,8-9,11-12,16,24H,2,4,7,10,13H2,1H3,(H,23,26). The number of benzene rings is 2. The lowest BCUT2D eigenvalue weighted by atomic mass is 10.0. The minimum Gasteiger partial charge on any atom is -0.369 e. The van der Waals surface area contributed by atoms with Gasteiger partial charge in [0.1, 0.15) is 0 Å². The average molecular weight is 456 g/mol. The molecule has 156 valence electrons. The van der Waals surface area contributed by atoms with E-state index in [4.69, 9.17) is 23.2 Å². The van der Waals surface area contributed by atoms with E-state index in [2.05, 4.69) is 14.9 Å². The van der Waals surface area contributed by atoms with E-state index >= 15 is 0 Å². The number of hydrogen-bond donors (Lipinski definition) is 2. The van der Waals surface area contributed by atoms with Gasteiger partial charge in [0.25, 0.3) is 5.91 Å². The van der Waals surface area contributed by atoms with Crippen LogP contribution in [-0.2, 0) is 10.0 Å². The molecule has 3 rings (SSSR count). The monoisotopic (exact) mass is 455 g/mol. The molecule has 1 amide bonds. The average Bonchev–Trinajstić information content (AvgIpc) is 2.70. The van der Waals surface area contributed by atoms with Crippen molar-refractivity contribution in [1.29, 1.82) is 0 Å². The van der Waals surface area contributed by atoms with Crippen LogP contribution in [0, 0.1) is 0 Å². The SMILES string of the molecule is CCS(=O)(=O)Nc1cccc(C(=O)NC2CCCN(c3ccc(Cl)c(Cl)c3)C2)c1. The molecule has 0 saturated carbocycles. The topological polar surface area (TPSA) is 78.5 Å². The Morgan fingerprint density at radius 2 is 1.97 bits per heavy atom. The van der Waals surface area contributed by atoms with Crippen LogP contribution in [0.5, 0.6) is 0 Å². The summed E-state index contributed by atoms with van der Waals surface area (Å²) >= 11 is 12.1. The largest absolute Gasteiger partial charge is 0.369 e. The summed E-state index contributed by atoms with van der Waals surface area (Å²) in [4.78, 5) is 14.9. The van der Waals surface area contributed by atoms with E-state index in [-0.39, 0.29) is 17.7 Å². The van der Waals surface area contributed by atoms with Crippen molar-refractivity contribution in [2.45, 2.75) is 25.8 Å². The van der Waals surface area contributed by atoms with Gasteiger partial charge in [0.05, 0.1) is 15.8 Å². The second kappa shape index (κ2) is 9.24. The first kappa shape index (κ1) is 21.7. The molecule has 1 aliphatic heterocycles. The van der Waals surface area contributed by atoms with Gasteiger partial charge in [-0.3, -0.25) is 9.52 Å². The van der Waals surface area contributed by atoms with E-state index in [9.17, 15) is 13.2 Å². The van der Waals surface area contributed by atoms with Crippen LogP contribution in [0.2, 0.25) is 10.0 Å². The molecule has 0 bridgehead atoms. The van der Waals surface area contributed by atoms with Gasteiger partial charge in [0.2, 0.25) is 10.0 Å². The molecule has 2 aromatic carbocycles. The normalized spacial score (nSPS) is 17.1. The third-order valence-electron chi connectivity index (χ3n) is 4.80. The number of halogens is 2. The number of anilines is 2. The van der Waals surface area contributed by atoms with E-state index in [1.54, 1.807) is 37.3 Å². The molecule has 2 N–H and O–H groups in total. The molecular formula is C20H23Cl2N3O3S. The van der Waals surface area contributed by atoms with E-state index in [0.717, 1.165) is 25.1 Å². The predicted octanol–water partition coefficient (Wildman–Crippen LogP) is 4.15. The van der Waals surface area contributed by atoms with E-state index < -0.39 is 10.0 Å². The van der Waals surface area contributed by atoms with Gasteiger partial charge in [-0.05, 0) is 56.2 Å². The Morgan fingerprint density at radius 1 is 1.17 bits per heavy atom. The zero-order valence-electron chi connectivity index (χ0n) is 16.0. The Bertz CT molecular complexity index is 998. The van der Waals surface area contributed by atoms with Crippen molar-refractivity contribution in [1.82, 2.24) is 5.32 Å². The van der Waals surface area contributed by atoms with E-state index in [1.165, 1.54) is 0 Å². The van der Waals surface area contributed by atoms with Crippen LogP contribution < -0.4 is 14.9 Å². The number of sulfonamides is 1. The van der Waals surface area contributed by atoms with E-state index in [1.807, 2.05) is 12.1 Å². The van der Waals surface area contributed by atoms with Crippen LogP contribution >= 0.6 is 23.2 Å². The molecule has 6 nitrogen and oxygen atoms in total. The van der Waals surface area contributed by atoms with Gasteiger partial charge in [-0.1, -0.05) is 29.3 Å². The van der Waals surface area contributed by atoms with Crippen LogP contribution in [0.4, 0.5) is 11.4 Å². The molecule has 1 atom stereocenters. The zero-order valence-corrected chi connectivity index (χ0v) is 18.3. The number of nitrogens with zero attached hydrogens (tertiary/aromatic N) is 1. The van der Waals surface area contributed by atoms with Gasteiger partial charge in [-0.25, -0.2) is 8.42 Å². The smallest absolute Gasteiger partial charge is 0.251 e. The summed E-state index contributed by atoms with van der Waals surface area (Å²) in [5, 5.41) is 4.06. The van der Waals surface area contributed by atoms with Crippen molar-refractivity contribution in [3.05, 3.63) is 58.1 Å². The number of hydrogen-bond acceptors (Lipinski definition) is 4. The summed E-state index contributed by atoms with van der Waals surface area (Å²) in [6.45, 7) is 3.09. The first-order valence-corrected chi connectivity index (χ1v) is 11.8. The highest BCUT2D eigenvalue weighted by atomic mass is 35.5. The lowest BCUT2D eigenvalue weighted by Gasteiger charge is -2.35. The fraction of sp³-hybridized carbons (Fsp3) is 0.350. The van der Waals surface area contributed by atoms with Crippen molar-refractivity contribution >= 4 is 50.5 Å². The molecule has 1 saturated heterocycles. The Morgan fingerprint density at radius 3 is 2.69 bits per heavy atom. The maximum atomic E-state index is 12.7. The number of piperidine rings is 1. The molecule has 1 aliphatic rings. The van der Waals surface area contributed by atoms with Crippen molar-refractivity contribution in [3.8, 4) is 0 Å². The summed E-state index contributed by atoms with van der Waals surface area (Å²) in [7, 11) is -3.40. The molecule has 29 heavy (non-hydrogen) atoms. The first-order valence-electron chi connectivity index (χ1n) is 9.39.